The standard InChI is InChI=1S/C16H22BrNO2/c1-16(2,3)20-15(19)18(12-8-7-11-17)13-14-9-5-4-6-10-14/h4-10H,11-13H2,1-3H3/b8-7+. The van der Waals surface area contributed by atoms with Gasteiger partial charge in [-0.15, -0.1) is 0 Å². The van der Waals surface area contributed by atoms with Gasteiger partial charge in [-0.25, -0.2) is 4.79 Å². The summed E-state index contributed by atoms with van der Waals surface area (Å²) in [6.07, 6.45) is 3.64. The van der Waals surface area contributed by atoms with Crippen LogP contribution in [-0.4, -0.2) is 28.5 Å². The van der Waals surface area contributed by atoms with Gasteiger partial charge in [0.2, 0.25) is 0 Å². The van der Waals surface area contributed by atoms with Gasteiger partial charge in [-0.1, -0.05) is 58.4 Å². The molecule has 0 unspecified atom stereocenters. The summed E-state index contributed by atoms with van der Waals surface area (Å²) >= 11 is 3.33. The van der Waals surface area contributed by atoms with Crippen LogP contribution < -0.4 is 0 Å². The number of benzene rings is 1. The van der Waals surface area contributed by atoms with Gasteiger partial charge in [0.05, 0.1) is 0 Å². The average molecular weight is 340 g/mol. The Labute approximate surface area is 129 Å². The van der Waals surface area contributed by atoms with Gasteiger partial charge in [-0.3, -0.25) is 0 Å². The van der Waals surface area contributed by atoms with Crippen LogP contribution in [0.2, 0.25) is 0 Å². The van der Waals surface area contributed by atoms with Gasteiger partial charge in [-0.2, -0.15) is 0 Å². The van der Waals surface area contributed by atoms with Gasteiger partial charge in [-0.05, 0) is 26.3 Å². The van der Waals surface area contributed by atoms with Crippen LogP contribution in [-0.2, 0) is 11.3 Å². The SMILES string of the molecule is CC(C)(C)OC(=O)N(C/C=C/CBr)Cc1ccccc1. The van der Waals surface area contributed by atoms with Gasteiger partial charge in [0.15, 0.2) is 0 Å². The molecule has 0 aliphatic carbocycles. The Hall–Kier alpha value is -1.29. The van der Waals surface area contributed by atoms with Crippen LogP contribution in [0.4, 0.5) is 4.79 Å². The van der Waals surface area contributed by atoms with Crippen LogP contribution in [0.3, 0.4) is 0 Å². The first-order valence-corrected chi connectivity index (χ1v) is 7.77. The molecule has 1 aromatic carbocycles. The summed E-state index contributed by atoms with van der Waals surface area (Å²) in [5, 5.41) is 0.778. The molecule has 0 aromatic heterocycles. The maximum Gasteiger partial charge on any atom is 0.410 e. The van der Waals surface area contributed by atoms with E-state index in [0.29, 0.717) is 13.1 Å². The zero-order valence-corrected chi connectivity index (χ0v) is 13.9. The molecule has 0 spiro atoms. The first kappa shape index (κ1) is 16.8. The molecule has 0 saturated carbocycles. The van der Waals surface area contributed by atoms with E-state index in [4.69, 9.17) is 4.74 Å². The molecule has 0 bridgehead atoms. The maximum atomic E-state index is 12.2. The van der Waals surface area contributed by atoms with E-state index in [2.05, 4.69) is 15.9 Å². The van der Waals surface area contributed by atoms with Crippen molar-refractivity contribution in [3.63, 3.8) is 0 Å². The molecule has 0 aliphatic rings. The van der Waals surface area contributed by atoms with Gasteiger partial charge in [0.1, 0.15) is 5.60 Å². The highest BCUT2D eigenvalue weighted by Gasteiger charge is 2.21. The minimum atomic E-state index is -0.481. The fraction of sp³-hybridized carbons (Fsp3) is 0.438. The summed E-state index contributed by atoms with van der Waals surface area (Å²) in [7, 11) is 0. The summed E-state index contributed by atoms with van der Waals surface area (Å²) in [5.74, 6) is 0. The summed E-state index contributed by atoms with van der Waals surface area (Å²) in [6.45, 7) is 6.71. The maximum absolute atomic E-state index is 12.2. The molecule has 110 valence electrons. The number of amides is 1. The Balaban J connectivity index is 2.74. The molecule has 3 nitrogen and oxygen atoms in total. The van der Waals surface area contributed by atoms with Crippen LogP contribution in [0.5, 0.6) is 0 Å². The van der Waals surface area contributed by atoms with Gasteiger partial charge >= 0.3 is 6.09 Å². The van der Waals surface area contributed by atoms with E-state index in [-0.39, 0.29) is 6.09 Å². The highest BCUT2D eigenvalue weighted by Crippen LogP contribution is 2.12. The van der Waals surface area contributed by atoms with E-state index in [1.54, 1.807) is 4.90 Å². The van der Waals surface area contributed by atoms with Crippen molar-refractivity contribution in [1.82, 2.24) is 4.90 Å². The summed E-state index contributed by atoms with van der Waals surface area (Å²) in [5.41, 5.74) is 0.608. The first-order valence-electron chi connectivity index (χ1n) is 6.65. The Morgan fingerprint density at radius 3 is 2.45 bits per heavy atom. The first-order chi connectivity index (χ1) is 9.42. The minimum absolute atomic E-state index is 0.291. The fourth-order valence-electron chi connectivity index (χ4n) is 1.60. The molecule has 20 heavy (non-hydrogen) atoms. The molecular formula is C16H22BrNO2. The molecule has 0 saturated heterocycles. The fourth-order valence-corrected chi connectivity index (χ4v) is 1.86. The lowest BCUT2D eigenvalue weighted by molar-refractivity contribution is 0.0256. The number of allylic oxidation sites excluding steroid dienone is 1. The zero-order valence-electron chi connectivity index (χ0n) is 12.3. The third-order valence-electron chi connectivity index (χ3n) is 2.45. The number of carbonyl (C=O) groups is 1. The van der Waals surface area contributed by atoms with E-state index >= 15 is 0 Å². The van der Waals surface area contributed by atoms with Gasteiger partial charge in [0, 0.05) is 18.4 Å². The van der Waals surface area contributed by atoms with Crippen molar-refractivity contribution in [3.05, 3.63) is 48.0 Å². The third kappa shape index (κ3) is 6.75. The number of halogens is 1. The normalized spacial score (nSPS) is 11.6. The van der Waals surface area contributed by atoms with Crippen molar-refractivity contribution in [2.24, 2.45) is 0 Å². The predicted octanol–water partition coefficient (Wildman–Crippen LogP) is 4.37. The summed E-state index contributed by atoms with van der Waals surface area (Å²) < 4.78 is 5.44. The molecule has 0 heterocycles. The van der Waals surface area contributed by atoms with E-state index in [9.17, 15) is 4.79 Å². The molecule has 0 aliphatic heterocycles. The monoisotopic (exact) mass is 339 g/mol. The van der Waals surface area contributed by atoms with Crippen LogP contribution in [0.1, 0.15) is 26.3 Å². The van der Waals surface area contributed by atoms with Gasteiger partial charge < -0.3 is 9.64 Å². The number of ether oxygens (including phenoxy) is 1. The Bertz CT molecular complexity index is 438. The Kier molecular flexibility index (Phi) is 6.79. The average Bonchev–Trinajstić information content (AvgIpc) is 2.37. The van der Waals surface area contributed by atoms with E-state index in [1.165, 1.54) is 0 Å². The molecule has 1 rings (SSSR count). The highest BCUT2D eigenvalue weighted by atomic mass is 79.9. The number of hydrogen-bond donors (Lipinski definition) is 0. The molecular weight excluding hydrogens is 318 g/mol. The molecule has 0 fully saturated rings. The minimum Gasteiger partial charge on any atom is -0.444 e. The van der Waals surface area contributed by atoms with Crippen LogP contribution >= 0.6 is 15.9 Å². The number of carbonyl (C=O) groups excluding carboxylic acids is 1. The van der Waals surface area contributed by atoms with Crippen molar-refractivity contribution in [1.29, 1.82) is 0 Å². The number of alkyl halides is 1. The van der Waals surface area contributed by atoms with Crippen LogP contribution in [0, 0.1) is 0 Å². The third-order valence-corrected chi connectivity index (χ3v) is 2.82. The lowest BCUT2D eigenvalue weighted by Crippen LogP contribution is -2.36. The quantitative estimate of drug-likeness (QED) is 0.588. The Morgan fingerprint density at radius 1 is 1.25 bits per heavy atom. The Morgan fingerprint density at radius 2 is 1.90 bits per heavy atom. The van der Waals surface area contributed by atoms with Crippen molar-refractivity contribution < 1.29 is 9.53 Å². The number of hydrogen-bond acceptors (Lipinski definition) is 2. The predicted molar refractivity (Wildman–Crippen MR) is 86.0 cm³/mol. The van der Waals surface area contributed by atoms with Crippen molar-refractivity contribution >= 4 is 22.0 Å². The van der Waals surface area contributed by atoms with Crippen molar-refractivity contribution in [2.75, 3.05) is 11.9 Å². The second kappa shape index (κ2) is 8.10. The van der Waals surface area contributed by atoms with Crippen molar-refractivity contribution in [2.45, 2.75) is 32.9 Å². The molecule has 4 heteroatoms. The topological polar surface area (TPSA) is 29.5 Å². The smallest absolute Gasteiger partial charge is 0.410 e. The largest absolute Gasteiger partial charge is 0.444 e. The molecule has 0 radical (unpaired) electrons. The molecule has 0 N–H and O–H groups in total. The number of rotatable bonds is 5. The highest BCUT2D eigenvalue weighted by molar-refractivity contribution is 9.09. The second-order valence-corrected chi connectivity index (χ2v) is 6.12. The zero-order chi connectivity index (χ0) is 15.0. The summed E-state index contributed by atoms with van der Waals surface area (Å²) in [6, 6.07) is 9.91. The lowest BCUT2D eigenvalue weighted by Gasteiger charge is -2.26. The van der Waals surface area contributed by atoms with E-state index < -0.39 is 5.60 Å². The molecule has 1 aromatic rings. The van der Waals surface area contributed by atoms with Gasteiger partial charge in [0.25, 0.3) is 0 Å². The van der Waals surface area contributed by atoms with E-state index in [1.807, 2.05) is 63.3 Å². The summed E-state index contributed by atoms with van der Waals surface area (Å²) in [4.78, 5) is 13.9. The second-order valence-electron chi connectivity index (χ2n) is 5.47. The number of nitrogens with zero attached hydrogens (tertiary/aromatic N) is 1. The van der Waals surface area contributed by atoms with Crippen LogP contribution in [0.25, 0.3) is 0 Å². The molecule has 1 amide bonds. The van der Waals surface area contributed by atoms with E-state index in [0.717, 1.165) is 10.9 Å². The van der Waals surface area contributed by atoms with Crippen molar-refractivity contribution in [3.8, 4) is 0 Å². The lowest BCUT2D eigenvalue weighted by atomic mass is 10.2. The van der Waals surface area contributed by atoms with Crippen LogP contribution in [0.15, 0.2) is 42.5 Å². The molecule has 0 atom stereocenters.